The van der Waals surface area contributed by atoms with Crippen LogP contribution in [0.15, 0.2) is 54.7 Å². The van der Waals surface area contributed by atoms with Crippen molar-refractivity contribution in [2.24, 2.45) is 0 Å². The van der Waals surface area contributed by atoms with Crippen molar-refractivity contribution < 1.29 is 27.5 Å². The summed E-state index contributed by atoms with van der Waals surface area (Å²) in [5.74, 6) is -0.165. The summed E-state index contributed by atoms with van der Waals surface area (Å²) in [6, 6.07) is 11.6. The summed E-state index contributed by atoms with van der Waals surface area (Å²) in [6.45, 7) is 1.34. The van der Waals surface area contributed by atoms with Crippen molar-refractivity contribution in [3.8, 4) is 11.5 Å². The highest BCUT2D eigenvalue weighted by Crippen LogP contribution is 2.34. The lowest BCUT2D eigenvalue weighted by Gasteiger charge is -2.11. The van der Waals surface area contributed by atoms with E-state index in [1.165, 1.54) is 38.4 Å². The number of carbonyl (C=O) groups excluding carboxylic acids is 2. The van der Waals surface area contributed by atoms with E-state index in [2.05, 4.69) is 20.6 Å². The van der Waals surface area contributed by atoms with Crippen LogP contribution in [0.5, 0.6) is 11.5 Å². The third kappa shape index (κ3) is 4.99. The number of aromatic nitrogens is 2. The summed E-state index contributed by atoms with van der Waals surface area (Å²) in [5.41, 5.74) is -0.164. The third-order valence-corrected chi connectivity index (χ3v) is 5.75. The largest absolute Gasteiger partial charge is 0.457 e. The first-order chi connectivity index (χ1) is 16.1. The minimum absolute atomic E-state index is 0.0354. The van der Waals surface area contributed by atoms with Crippen LogP contribution in [-0.4, -0.2) is 28.8 Å². The predicted molar refractivity (Wildman–Crippen MR) is 121 cm³/mol. The van der Waals surface area contributed by atoms with Crippen molar-refractivity contribution >= 4 is 38.5 Å². The highest BCUT2D eigenvalue weighted by atomic mass is 32.1. The molecule has 0 aliphatic rings. The molecule has 34 heavy (non-hydrogen) atoms. The highest BCUT2D eigenvalue weighted by molar-refractivity contribution is 7.22. The van der Waals surface area contributed by atoms with E-state index in [1.54, 1.807) is 24.3 Å². The molecule has 4 aromatic rings. The molecule has 0 aliphatic carbocycles. The van der Waals surface area contributed by atoms with Crippen molar-refractivity contribution in [1.29, 1.82) is 0 Å². The summed E-state index contributed by atoms with van der Waals surface area (Å²) in [5, 5.41) is 5.27. The van der Waals surface area contributed by atoms with Gasteiger partial charge >= 0.3 is 6.18 Å². The zero-order valence-electron chi connectivity index (χ0n) is 17.9. The van der Waals surface area contributed by atoms with Crippen molar-refractivity contribution in [2.75, 3.05) is 12.4 Å². The molecule has 2 heterocycles. The van der Waals surface area contributed by atoms with Gasteiger partial charge in [0.05, 0.1) is 15.8 Å². The molecular weight excluding hydrogens is 469 g/mol. The predicted octanol–water partition coefficient (Wildman–Crippen LogP) is 5.42. The topological polar surface area (TPSA) is 93.2 Å². The molecule has 0 saturated heterocycles. The Hall–Kier alpha value is -3.99. The van der Waals surface area contributed by atoms with Gasteiger partial charge in [0.15, 0.2) is 5.13 Å². The first-order valence-electron chi connectivity index (χ1n) is 9.90. The van der Waals surface area contributed by atoms with E-state index in [1.807, 2.05) is 0 Å². The van der Waals surface area contributed by atoms with Crippen LogP contribution in [0.4, 0.5) is 18.3 Å². The quantitative estimate of drug-likeness (QED) is 0.393. The van der Waals surface area contributed by atoms with Gasteiger partial charge < -0.3 is 10.1 Å². The van der Waals surface area contributed by atoms with Gasteiger partial charge in [-0.15, -0.1) is 0 Å². The van der Waals surface area contributed by atoms with E-state index in [0.29, 0.717) is 21.7 Å². The number of nitrogens with zero attached hydrogens (tertiary/aromatic N) is 2. The Morgan fingerprint density at radius 3 is 2.50 bits per heavy atom. The molecule has 7 nitrogen and oxygen atoms in total. The minimum Gasteiger partial charge on any atom is -0.457 e. The van der Waals surface area contributed by atoms with Crippen LogP contribution in [0, 0.1) is 6.92 Å². The number of pyridine rings is 1. The van der Waals surface area contributed by atoms with E-state index >= 15 is 0 Å². The molecule has 0 fully saturated rings. The number of halogens is 3. The van der Waals surface area contributed by atoms with Crippen molar-refractivity contribution in [1.82, 2.24) is 15.3 Å². The number of ether oxygens (including phenoxy) is 1. The molecule has 174 valence electrons. The van der Waals surface area contributed by atoms with Gasteiger partial charge in [0.1, 0.15) is 17.2 Å². The normalized spacial score (nSPS) is 11.3. The minimum atomic E-state index is -4.55. The fourth-order valence-corrected chi connectivity index (χ4v) is 4.01. The summed E-state index contributed by atoms with van der Waals surface area (Å²) in [4.78, 5) is 32.6. The molecule has 4 rings (SSSR count). The monoisotopic (exact) mass is 486 g/mol. The number of aryl methyl sites for hydroxylation is 1. The summed E-state index contributed by atoms with van der Waals surface area (Å²) >= 11 is 1.15. The lowest BCUT2D eigenvalue weighted by Crippen LogP contribution is -2.18. The Morgan fingerprint density at radius 1 is 1.00 bits per heavy atom. The van der Waals surface area contributed by atoms with E-state index in [-0.39, 0.29) is 27.9 Å². The number of alkyl halides is 3. The van der Waals surface area contributed by atoms with Crippen LogP contribution in [0.2, 0.25) is 0 Å². The maximum Gasteiger partial charge on any atom is 0.416 e. The Bertz CT molecular complexity index is 1400. The fourth-order valence-electron chi connectivity index (χ4n) is 3.12. The molecule has 0 radical (unpaired) electrons. The molecular formula is C23H17F3N4O3S. The maximum absolute atomic E-state index is 13.2. The standard InChI is InChI=1S/C23H17F3N4O3S/c1-12-3-4-13(9-16(12)23(24,25)26)20(31)30-22-29-17-6-5-14(11-19(17)34-22)33-15-7-8-28-18(10-15)21(32)27-2/h3-11H,1-2H3,(H,27,32)(H,29,30,31). The molecule has 2 aromatic carbocycles. The first-order valence-corrected chi connectivity index (χ1v) is 10.7. The van der Waals surface area contributed by atoms with Crippen LogP contribution in [-0.2, 0) is 6.18 Å². The van der Waals surface area contributed by atoms with Crippen LogP contribution in [0.3, 0.4) is 0 Å². The van der Waals surface area contributed by atoms with Gasteiger partial charge in [-0.05, 0) is 42.8 Å². The molecule has 2 amide bonds. The summed E-state index contributed by atoms with van der Waals surface area (Å²) in [7, 11) is 1.50. The van der Waals surface area contributed by atoms with Crippen LogP contribution in [0.1, 0.15) is 32.0 Å². The van der Waals surface area contributed by atoms with E-state index in [0.717, 1.165) is 17.4 Å². The Morgan fingerprint density at radius 2 is 1.76 bits per heavy atom. The van der Waals surface area contributed by atoms with Gasteiger partial charge in [-0.1, -0.05) is 17.4 Å². The average Bonchev–Trinajstić information content (AvgIpc) is 3.19. The van der Waals surface area contributed by atoms with Crippen LogP contribution < -0.4 is 15.4 Å². The second-order valence-electron chi connectivity index (χ2n) is 7.19. The first kappa shape index (κ1) is 23.2. The second-order valence-corrected chi connectivity index (χ2v) is 8.22. The smallest absolute Gasteiger partial charge is 0.416 e. The number of hydrogen-bond acceptors (Lipinski definition) is 6. The van der Waals surface area contributed by atoms with E-state index < -0.39 is 17.6 Å². The van der Waals surface area contributed by atoms with Crippen LogP contribution >= 0.6 is 11.3 Å². The third-order valence-electron chi connectivity index (χ3n) is 4.81. The summed E-state index contributed by atoms with van der Waals surface area (Å²) in [6.07, 6.45) is -3.10. The van der Waals surface area contributed by atoms with Gasteiger partial charge in [-0.3, -0.25) is 19.9 Å². The van der Waals surface area contributed by atoms with Crippen molar-refractivity contribution in [2.45, 2.75) is 13.1 Å². The fraction of sp³-hybridized carbons (Fsp3) is 0.130. The number of hydrogen-bond donors (Lipinski definition) is 2. The molecule has 0 unspecified atom stereocenters. The number of nitrogens with one attached hydrogen (secondary N) is 2. The molecule has 2 N–H and O–H groups in total. The molecule has 2 aromatic heterocycles. The molecule has 11 heteroatoms. The number of amides is 2. The molecule has 0 bridgehead atoms. The van der Waals surface area contributed by atoms with E-state index in [9.17, 15) is 22.8 Å². The second kappa shape index (κ2) is 9.10. The van der Waals surface area contributed by atoms with Crippen molar-refractivity contribution in [3.05, 3.63) is 77.1 Å². The van der Waals surface area contributed by atoms with Gasteiger partial charge in [0, 0.05) is 30.9 Å². The Balaban J connectivity index is 1.53. The highest BCUT2D eigenvalue weighted by Gasteiger charge is 2.33. The molecule has 0 saturated carbocycles. The van der Waals surface area contributed by atoms with Gasteiger partial charge in [0.25, 0.3) is 11.8 Å². The number of benzene rings is 2. The maximum atomic E-state index is 13.2. The zero-order chi connectivity index (χ0) is 24.5. The summed E-state index contributed by atoms with van der Waals surface area (Å²) < 4.78 is 46.0. The molecule has 0 atom stereocenters. The molecule has 0 aliphatic heterocycles. The van der Waals surface area contributed by atoms with Gasteiger partial charge in [0.2, 0.25) is 0 Å². The van der Waals surface area contributed by atoms with Crippen LogP contribution in [0.25, 0.3) is 10.2 Å². The van der Waals surface area contributed by atoms with Crippen molar-refractivity contribution in [3.63, 3.8) is 0 Å². The number of rotatable bonds is 5. The molecule has 0 spiro atoms. The van der Waals surface area contributed by atoms with Gasteiger partial charge in [-0.2, -0.15) is 13.2 Å². The number of thiazole rings is 1. The lowest BCUT2D eigenvalue weighted by molar-refractivity contribution is -0.138. The lowest BCUT2D eigenvalue weighted by atomic mass is 10.0. The number of anilines is 1. The zero-order valence-corrected chi connectivity index (χ0v) is 18.7. The number of fused-ring (bicyclic) bond motifs is 1. The SMILES string of the molecule is CNC(=O)c1cc(Oc2ccc3nc(NC(=O)c4ccc(C)c(C(F)(F)F)c4)sc3c2)ccn1. The average molecular weight is 486 g/mol. The Labute approximate surface area is 195 Å². The Kier molecular flexibility index (Phi) is 6.20. The van der Waals surface area contributed by atoms with E-state index in [4.69, 9.17) is 4.74 Å². The number of carbonyl (C=O) groups is 2. The van der Waals surface area contributed by atoms with Gasteiger partial charge in [-0.25, -0.2) is 4.98 Å².